The molecular formula is C22H42N2O2. The van der Waals surface area contributed by atoms with Crippen LogP contribution in [0, 0.1) is 11.8 Å². The van der Waals surface area contributed by atoms with Gasteiger partial charge in [-0.05, 0) is 71.8 Å². The Morgan fingerprint density at radius 3 is 2.62 bits per heavy atom. The van der Waals surface area contributed by atoms with Crippen LogP contribution in [0.15, 0.2) is 0 Å². The maximum Gasteiger partial charge on any atom is 0.407 e. The molecule has 1 aliphatic heterocycles. The highest BCUT2D eigenvalue weighted by Gasteiger charge is 2.32. The predicted octanol–water partition coefficient (Wildman–Crippen LogP) is 5.36. The number of likely N-dealkylation sites (tertiary alicyclic amines) is 1. The molecule has 1 saturated carbocycles. The van der Waals surface area contributed by atoms with Crippen LogP contribution in [0.2, 0.25) is 0 Å². The molecule has 152 valence electrons. The highest BCUT2D eigenvalue weighted by Crippen LogP contribution is 2.30. The van der Waals surface area contributed by atoms with Gasteiger partial charge in [0.25, 0.3) is 0 Å². The summed E-state index contributed by atoms with van der Waals surface area (Å²) in [6.07, 6.45) is 12.7. The molecule has 0 aromatic heterocycles. The summed E-state index contributed by atoms with van der Waals surface area (Å²) >= 11 is 0. The number of piperidine rings is 1. The SMILES string of the molecule is CCCCC[C@H]1CCCN(CC2CCCCC2OC(=O)NC(C)(C)C)C1. The lowest BCUT2D eigenvalue weighted by molar-refractivity contribution is 0.0134. The van der Waals surface area contributed by atoms with E-state index in [-0.39, 0.29) is 17.7 Å². The Bertz CT molecular complexity index is 419. The molecule has 1 N–H and O–H groups in total. The number of hydrogen-bond acceptors (Lipinski definition) is 3. The van der Waals surface area contributed by atoms with Gasteiger partial charge in [0.1, 0.15) is 6.10 Å². The van der Waals surface area contributed by atoms with Crippen LogP contribution in [0.25, 0.3) is 0 Å². The van der Waals surface area contributed by atoms with Gasteiger partial charge >= 0.3 is 6.09 Å². The average molecular weight is 367 g/mol. The fourth-order valence-electron chi connectivity index (χ4n) is 4.58. The first kappa shape index (κ1) is 21.5. The molecule has 0 radical (unpaired) electrons. The molecule has 1 saturated heterocycles. The number of ether oxygens (including phenoxy) is 1. The minimum atomic E-state index is -0.245. The Morgan fingerprint density at radius 1 is 1.12 bits per heavy atom. The zero-order valence-electron chi connectivity index (χ0n) is 17.7. The van der Waals surface area contributed by atoms with Crippen molar-refractivity contribution < 1.29 is 9.53 Å². The number of nitrogens with one attached hydrogen (secondary N) is 1. The first-order valence-corrected chi connectivity index (χ1v) is 11.1. The molecule has 1 amide bonds. The summed E-state index contributed by atoms with van der Waals surface area (Å²) in [6.45, 7) is 11.9. The van der Waals surface area contributed by atoms with Gasteiger partial charge in [0, 0.05) is 24.5 Å². The molecule has 4 nitrogen and oxygen atoms in total. The van der Waals surface area contributed by atoms with Crippen LogP contribution in [0.5, 0.6) is 0 Å². The van der Waals surface area contributed by atoms with Crippen molar-refractivity contribution in [1.29, 1.82) is 0 Å². The van der Waals surface area contributed by atoms with Gasteiger partial charge in [-0.3, -0.25) is 0 Å². The van der Waals surface area contributed by atoms with Gasteiger partial charge in [0.2, 0.25) is 0 Å². The quantitative estimate of drug-likeness (QED) is 0.617. The number of nitrogens with zero attached hydrogens (tertiary/aromatic N) is 1. The van der Waals surface area contributed by atoms with Gasteiger partial charge in [0.05, 0.1) is 0 Å². The van der Waals surface area contributed by atoms with Crippen LogP contribution in [0.4, 0.5) is 4.79 Å². The Hall–Kier alpha value is -0.770. The normalized spacial score (nSPS) is 27.9. The van der Waals surface area contributed by atoms with Crippen molar-refractivity contribution >= 4 is 6.09 Å². The third-order valence-electron chi connectivity index (χ3n) is 5.89. The van der Waals surface area contributed by atoms with E-state index >= 15 is 0 Å². The molecular weight excluding hydrogens is 324 g/mol. The number of rotatable bonds is 7. The summed E-state index contributed by atoms with van der Waals surface area (Å²) in [5, 5.41) is 2.95. The summed E-state index contributed by atoms with van der Waals surface area (Å²) in [5.41, 5.74) is -0.236. The summed E-state index contributed by atoms with van der Waals surface area (Å²) in [7, 11) is 0. The van der Waals surface area contributed by atoms with Crippen molar-refractivity contribution in [3.8, 4) is 0 Å². The van der Waals surface area contributed by atoms with Gasteiger partial charge in [-0.1, -0.05) is 32.6 Å². The molecule has 0 spiro atoms. The molecule has 2 rings (SSSR count). The Morgan fingerprint density at radius 2 is 1.88 bits per heavy atom. The second kappa shape index (κ2) is 10.5. The van der Waals surface area contributed by atoms with E-state index in [4.69, 9.17) is 4.74 Å². The fraction of sp³-hybridized carbons (Fsp3) is 0.955. The van der Waals surface area contributed by atoms with Crippen molar-refractivity contribution in [2.24, 2.45) is 11.8 Å². The molecule has 1 heterocycles. The highest BCUT2D eigenvalue weighted by molar-refractivity contribution is 5.68. The largest absolute Gasteiger partial charge is 0.446 e. The molecule has 26 heavy (non-hydrogen) atoms. The van der Waals surface area contributed by atoms with E-state index in [2.05, 4.69) is 17.1 Å². The van der Waals surface area contributed by atoms with E-state index in [9.17, 15) is 4.79 Å². The van der Waals surface area contributed by atoms with Crippen LogP contribution >= 0.6 is 0 Å². The number of carbonyl (C=O) groups excluding carboxylic acids is 1. The van der Waals surface area contributed by atoms with Crippen molar-refractivity contribution in [3.05, 3.63) is 0 Å². The monoisotopic (exact) mass is 366 g/mol. The van der Waals surface area contributed by atoms with Gasteiger partial charge in [-0.2, -0.15) is 0 Å². The molecule has 2 fully saturated rings. The summed E-state index contributed by atoms with van der Waals surface area (Å²) in [5.74, 6) is 1.38. The van der Waals surface area contributed by atoms with E-state index in [1.54, 1.807) is 0 Å². The first-order chi connectivity index (χ1) is 12.4. The zero-order valence-corrected chi connectivity index (χ0v) is 17.7. The second-order valence-corrected chi connectivity index (χ2v) is 9.63. The smallest absolute Gasteiger partial charge is 0.407 e. The molecule has 0 aromatic rings. The zero-order chi connectivity index (χ0) is 19.0. The molecule has 4 heteroatoms. The molecule has 0 aromatic carbocycles. The number of hydrogen-bond donors (Lipinski definition) is 1. The molecule has 1 aliphatic carbocycles. The fourth-order valence-corrected chi connectivity index (χ4v) is 4.58. The lowest BCUT2D eigenvalue weighted by Gasteiger charge is -2.39. The van der Waals surface area contributed by atoms with Crippen molar-refractivity contribution in [2.75, 3.05) is 19.6 Å². The molecule has 2 aliphatic rings. The number of amides is 1. The van der Waals surface area contributed by atoms with Crippen molar-refractivity contribution in [1.82, 2.24) is 10.2 Å². The predicted molar refractivity (Wildman–Crippen MR) is 108 cm³/mol. The highest BCUT2D eigenvalue weighted by atomic mass is 16.6. The van der Waals surface area contributed by atoms with Gasteiger partial charge in [0.15, 0.2) is 0 Å². The van der Waals surface area contributed by atoms with Crippen LogP contribution < -0.4 is 5.32 Å². The third-order valence-corrected chi connectivity index (χ3v) is 5.89. The van der Waals surface area contributed by atoms with E-state index in [0.717, 1.165) is 18.9 Å². The van der Waals surface area contributed by atoms with E-state index < -0.39 is 0 Å². The van der Waals surface area contributed by atoms with E-state index in [1.165, 1.54) is 70.9 Å². The van der Waals surface area contributed by atoms with E-state index in [1.807, 2.05) is 20.8 Å². The van der Waals surface area contributed by atoms with Gasteiger partial charge in [-0.15, -0.1) is 0 Å². The van der Waals surface area contributed by atoms with Gasteiger partial charge in [-0.25, -0.2) is 4.79 Å². The van der Waals surface area contributed by atoms with Gasteiger partial charge < -0.3 is 15.0 Å². The Balaban J connectivity index is 1.82. The molecule has 2 unspecified atom stereocenters. The van der Waals surface area contributed by atoms with E-state index in [0.29, 0.717) is 5.92 Å². The van der Waals surface area contributed by atoms with Crippen LogP contribution in [-0.2, 0) is 4.74 Å². The van der Waals surface area contributed by atoms with Crippen molar-refractivity contribution in [2.45, 2.75) is 104 Å². The van der Waals surface area contributed by atoms with Crippen LogP contribution in [0.1, 0.15) is 91.9 Å². The molecule has 3 atom stereocenters. The standard InChI is InChI=1S/C22H42N2O2/c1-5-6-7-11-18-12-10-15-24(16-18)17-19-13-8-9-14-20(19)26-21(25)23-22(2,3)4/h18-20H,5-17H2,1-4H3,(H,23,25)/t18-,19?,20?/m0/s1. The maximum absolute atomic E-state index is 12.2. The average Bonchev–Trinajstić information content (AvgIpc) is 2.56. The maximum atomic E-state index is 12.2. The number of unbranched alkanes of at least 4 members (excludes halogenated alkanes) is 2. The minimum Gasteiger partial charge on any atom is -0.446 e. The van der Waals surface area contributed by atoms with Crippen LogP contribution in [0.3, 0.4) is 0 Å². The Kier molecular flexibility index (Phi) is 8.72. The summed E-state index contributed by atoms with van der Waals surface area (Å²) in [4.78, 5) is 14.9. The summed E-state index contributed by atoms with van der Waals surface area (Å²) < 4.78 is 5.85. The summed E-state index contributed by atoms with van der Waals surface area (Å²) in [6, 6.07) is 0. The Labute approximate surface area is 161 Å². The minimum absolute atomic E-state index is 0.0894. The third kappa shape index (κ3) is 7.85. The van der Waals surface area contributed by atoms with Crippen molar-refractivity contribution in [3.63, 3.8) is 0 Å². The lowest BCUT2D eigenvalue weighted by atomic mass is 9.85. The second-order valence-electron chi connectivity index (χ2n) is 9.63. The lowest BCUT2D eigenvalue weighted by Crippen LogP contribution is -2.46. The topological polar surface area (TPSA) is 41.6 Å². The van der Waals surface area contributed by atoms with Crippen LogP contribution in [-0.4, -0.2) is 42.3 Å². The first-order valence-electron chi connectivity index (χ1n) is 11.1. The number of alkyl carbamates (subject to hydrolysis) is 1. The molecule has 0 bridgehead atoms. The number of carbonyl (C=O) groups is 1.